The van der Waals surface area contributed by atoms with E-state index in [0.29, 0.717) is 0 Å². The van der Waals surface area contributed by atoms with E-state index in [1.54, 1.807) is 18.3 Å². The number of carboxylic acid groups (broad SMARTS) is 1. The Morgan fingerprint density at radius 1 is 1.19 bits per heavy atom. The maximum absolute atomic E-state index is 10.8. The Hall–Kier alpha value is -1.61. The van der Waals surface area contributed by atoms with Crippen molar-refractivity contribution in [2.75, 3.05) is 0 Å². The van der Waals surface area contributed by atoms with Crippen LogP contribution in [0.3, 0.4) is 0 Å². The molecule has 2 rings (SSSR count). The lowest BCUT2D eigenvalue weighted by Gasteiger charge is -2.07. The second-order valence-electron chi connectivity index (χ2n) is 3.69. The molecule has 0 unspecified atom stereocenters. The van der Waals surface area contributed by atoms with Crippen LogP contribution >= 0.6 is 11.3 Å². The molecule has 82 valence electrons. The average molecular weight is 232 g/mol. The summed E-state index contributed by atoms with van der Waals surface area (Å²) < 4.78 is 0. The van der Waals surface area contributed by atoms with Gasteiger partial charge in [-0.2, -0.15) is 11.3 Å². The second-order valence-corrected chi connectivity index (χ2v) is 4.47. The topological polar surface area (TPSA) is 37.3 Å². The molecule has 1 heterocycles. The van der Waals surface area contributed by atoms with Crippen molar-refractivity contribution in [2.24, 2.45) is 0 Å². The van der Waals surface area contributed by atoms with Gasteiger partial charge in [-0.05, 0) is 40.4 Å². The van der Waals surface area contributed by atoms with Gasteiger partial charge in [-0.3, -0.25) is 4.79 Å². The van der Waals surface area contributed by atoms with Gasteiger partial charge in [0, 0.05) is 0 Å². The van der Waals surface area contributed by atoms with Crippen LogP contribution in [0.5, 0.6) is 0 Å². The van der Waals surface area contributed by atoms with Gasteiger partial charge in [0.1, 0.15) is 0 Å². The van der Waals surface area contributed by atoms with E-state index in [1.807, 2.05) is 29.6 Å². The standard InChI is InChI=1S/C13H12O2S/c1-9(13(14)15)10-2-4-11(5-3-10)12-6-7-16-8-12/h2-9H,1H3,(H,14,15)/t9-/m0/s1. The number of carboxylic acids is 1. The van der Waals surface area contributed by atoms with Crippen molar-refractivity contribution in [1.29, 1.82) is 0 Å². The summed E-state index contributed by atoms with van der Waals surface area (Å²) >= 11 is 1.66. The second kappa shape index (κ2) is 4.49. The van der Waals surface area contributed by atoms with Crippen LogP contribution in [0, 0.1) is 0 Å². The number of aliphatic carboxylic acids is 1. The molecule has 1 aromatic carbocycles. The van der Waals surface area contributed by atoms with Crippen molar-refractivity contribution in [1.82, 2.24) is 0 Å². The molecular weight excluding hydrogens is 220 g/mol. The molecule has 0 fully saturated rings. The molecule has 0 spiro atoms. The van der Waals surface area contributed by atoms with Gasteiger partial charge in [0.15, 0.2) is 0 Å². The van der Waals surface area contributed by atoms with E-state index in [4.69, 9.17) is 5.11 Å². The Morgan fingerprint density at radius 2 is 1.88 bits per heavy atom. The monoisotopic (exact) mass is 232 g/mol. The minimum Gasteiger partial charge on any atom is -0.481 e. The van der Waals surface area contributed by atoms with Crippen molar-refractivity contribution < 1.29 is 9.90 Å². The SMILES string of the molecule is C[C@H](C(=O)O)c1ccc(-c2ccsc2)cc1. The minimum absolute atomic E-state index is 0.448. The molecule has 16 heavy (non-hydrogen) atoms. The number of rotatable bonds is 3. The number of carbonyl (C=O) groups is 1. The fourth-order valence-electron chi connectivity index (χ4n) is 1.54. The van der Waals surface area contributed by atoms with E-state index in [2.05, 4.69) is 11.4 Å². The van der Waals surface area contributed by atoms with E-state index >= 15 is 0 Å². The molecule has 1 atom stereocenters. The van der Waals surface area contributed by atoms with Crippen LogP contribution < -0.4 is 0 Å². The van der Waals surface area contributed by atoms with Crippen LogP contribution in [0.25, 0.3) is 11.1 Å². The van der Waals surface area contributed by atoms with E-state index in [-0.39, 0.29) is 0 Å². The quantitative estimate of drug-likeness (QED) is 0.877. The molecule has 0 amide bonds. The van der Waals surface area contributed by atoms with Gasteiger partial charge < -0.3 is 5.11 Å². The Labute approximate surface area is 98.2 Å². The molecule has 0 saturated carbocycles. The highest BCUT2D eigenvalue weighted by atomic mass is 32.1. The molecule has 0 aliphatic rings. The Bertz CT molecular complexity index is 471. The first-order chi connectivity index (χ1) is 7.68. The number of thiophene rings is 1. The maximum Gasteiger partial charge on any atom is 0.310 e. The predicted octanol–water partition coefficient (Wildman–Crippen LogP) is 3.60. The van der Waals surface area contributed by atoms with Gasteiger partial charge >= 0.3 is 5.97 Å². The number of benzene rings is 1. The molecule has 2 aromatic rings. The highest BCUT2D eigenvalue weighted by molar-refractivity contribution is 7.08. The zero-order valence-corrected chi connectivity index (χ0v) is 9.70. The van der Waals surface area contributed by atoms with Crippen LogP contribution in [-0.2, 0) is 4.79 Å². The third kappa shape index (κ3) is 2.14. The van der Waals surface area contributed by atoms with Crippen LogP contribution in [0.1, 0.15) is 18.4 Å². The number of hydrogen-bond acceptors (Lipinski definition) is 2. The fraction of sp³-hybridized carbons (Fsp3) is 0.154. The normalized spacial score (nSPS) is 12.3. The van der Waals surface area contributed by atoms with Gasteiger partial charge in [0.05, 0.1) is 5.92 Å². The zero-order chi connectivity index (χ0) is 11.5. The molecule has 1 N–H and O–H groups in total. The van der Waals surface area contributed by atoms with Crippen LogP contribution in [0.15, 0.2) is 41.1 Å². The highest BCUT2D eigenvalue weighted by Gasteiger charge is 2.13. The lowest BCUT2D eigenvalue weighted by atomic mass is 9.99. The fourth-order valence-corrected chi connectivity index (χ4v) is 2.20. The first-order valence-electron chi connectivity index (χ1n) is 5.04. The Morgan fingerprint density at radius 3 is 2.38 bits per heavy atom. The summed E-state index contributed by atoms with van der Waals surface area (Å²) in [5, 5.41) is 13.0. The van der Waals surface area contributed by atoms with Gasteiger partial charge in [-0.15, -0.1) is 0 Å². The molecule has 0 aliphatic heterocycles. The summed E-state index contributed by atoms with van der Waals surface area (Å²) in [6, 6.07) is 9.76. The van der Waals surface area contributed by atoms with Crippen molar-refractivity contribution in [2.45, 2.75) is 12.8 Å². The van der Waals surface area contributed by atoms with Crippen LogP contribution in [0.4, 0.5) is 0 Å². The molecule has 0 bridgehead atoms. The summed E-state index contributed by atoms with van der Waals surface area (Å²) in [6.07, 6.45) is 0. The summed E-state index contributed by atoms with van der Waals surface area (Å²) in [6.45, 7) is 1.70. The van der Waals surface area contributed by atoms with Crippen LogP contribution in [-0.4, -0.2) is 11.1 Å². The summed E-state index contributed by atoms with van der Waals surface area (Å²) in [5.74, 6) is -1.24. The van der Waals surface area contributed by atoms with Crippen LogP contribution in [0.2, 0.25) is 0 Å². The summed E-state index contributed by atoms with van der Waals surface area (Å²) in [4.78, 5) is 10.8. The van der Waals surface area contributed by atoms with E-state index < -0.39 is 11.9 Å². The van der Waals surface area contributed by atoms with Gasteiger partial charge in [0.2, 0.25) is 0 Å². The Balaban J connectivity index is 2.26. The molecule has 1 aromatic heterocycles. The van der Waals surface area contributed by atoms with Gasteiger partial charge in [-0.1, -0.05) is 24.3 Å². The molecule has 0 saturated heterocycles. The van der Waals surface area contributed by atoms with Gasteiger partial charge in [-0.25, -0.2) is 0 Å². The van der Waals surface area contributed by atoms with E-state index in [0.717, 1.165) is 11.1 Å². The van der Waals surface area contributed by atoms with Crippen molar-refractivity contribution in [3.8, 4) is 11.1 Å². The first-order valence-corrected chi connectivity index (χ1v) is 5.98. The molecule has 3 heteroatoms. The minimum atomic E-state index is -0.789. The molecule has 0 aliphatic carbocycles. The third-order valence-electron chi connectivity index (χ3n) is 2.64. The van der Waals surface area contributed by atoms with E-state index in [9.17, 15) is 4.79 Å². The third-order valence-corrected chi connectivity index (χ3v) is 3.32. The summed E-state index contributed by atoms with van der Waals surface area (Å²) in [7, 11) is 0. The maximum atomic E-state index is 10.8. The van der Waals surface area contributed by atoms with Crippen molar-refractivity contribution in [3.63, 3.8) is 0 Å². The summed E-state index contributed by atoms with van der Waals surface area (Å²) in [5.41, 5.74) is 3.15. The van der Waals surface area contributed by atoms with Crippen molar-refractivity contribution >= 4 is 17.3 Å². The largest absolute Gasteiger partial charge is 0.481 e. The predicted molar refractivity (Wildman–Crippen MR) is 65.8 cm³/mol. The first kappa shape index (κ1) is 10.9. The molecular formula is C13H12O2S. The smallest absolute Gasteiger partial charge is 0.310 e. The Kier molecular flexibility index (Phi) is 3.06. The zero-order valence-electron chi connectivity index (χ0n) is 8.88. The number of hydrogen-bond donors (Lipinski definition) is 1. The average Bonchev–Trinajstić information content (AvgIpc) is 2.81. The molecule has 0 radical (unpaired) electrons. The lowest BCUT2D eigenvalue weighted by molar-refractivity contribution is -0.138. The lowest BCUT2D eigenvalue weighted by Crippen LogP contribution is -2.06. The molecule has 2 nitrogen and oxygen atoms in total. The van der Waals surface area contributed by atoms with Gasteiger partial charge in [0.25, 0.3) is 0 Å². The van der Waals surface area contributed by atoms with E-state index in [1.165, 1.54) is 5.56 Å². The highest BCUT2D eigenvalue weighted by Crippen LogP contribution is 2.24. The van der Waals surface area contributed by atoms with Crippen molar-refractivity contribution in [3.05, 3.63) is 46.7 Å².